The number of hydrogen-bond donors (Lipinski definition) is 1. The fourth-order valence-electron chi connectivity index (χ4n) is 2.24. The van der Waals surface area contributed by atoms with Crippen LogP contribution in [0.4, 0.5) is 5.69 Å². The maximum Gasteiger partial charge on any atom is 0.337 e. The number of likely N-dealkylation sites (N-methyl/N-ethyl adjacent to an activating group) is 1. The molecule has 0 unspecified atom stereocenters. The zero-order valence-electron chi connectivity index (χ0n) is 10.4. The van der Waals surface area contributed by atoms with Gasteiger partial charge in [-0.25, -0.2) is 4.79 Å². The monoisotopic (exact) mass is 312 g/mol. The highest BCUT2D eigenvalue weighted by molar-refractivity contribution is 9.10. The molecule has 98 valence electrons. The van der Waals surface area contributed by atoms with Crippen molar-refractivity contribution in [2.24, 2.45) is 0 Å². The number of benzene rings is 1. The lowest BCUT2D eigenvalue weighted by Crippen LogP contribution is -2.29. The van der Waals surface area contributed by atoms with Gasteiger partial charge in [0.25, 0.3) is 0 Å². The van der Waals surface area contributed by atoms with Crippen LogP contribution < -0.4 is 4.90 Å². The normalized spacial score (nSPS) is 17.6. The predicted molar refractivity (Wildman–Crippen MR) is 75.4 cm³/mol. The maximum atomic E-state index is 11.3. The molecule has 0 bridgehead atoms. The van der Waals surface area contributed by atoms with E-state index < -0.39 is 5.97 Å². The number of carboxylic acid groups (broad SMARTS) is 1. The van der Waals surface area contributed by atoms with Crippen molar-refractivity contribution in [3.05, 3.63) is 28.2 Å². The summed E-state index contributed by atoms with van der Waals surface area (Å²) in [7, 11) is 2.10. The molecule has 2 rings (SSSR count). The standard InChI is InChI=1S/C13H17BrN2O2/c1-15-5-2-6-16(8-7-15)12-4-3-10(14)9-11(12)13(17)18/h3-4,9H,2,5-8H2,1H3,(H,17,18). The van der Waals surface area contributed by atoms with Gasteiger partial charge in [-0.2, -0.15) is 0 Å². The summed E-state index contributed by atoms with van der Waals surface area (Å²) in [5, 5.41) is 9.29. The van der Waals surface area contributed by atoms with Crippen LogP contribution >= 0.6 is 15.9 Å². The van der Waals surface area contributed by atoms with E-state index in [1.165, 1.54) is 0 Å². The maximum absolute atomic E-state index is 11.3. The first-order valence-electron chi connectivity index (χ1n) is 6.04. The molecule has 0 aliphatic carbocycles. The molecule has 1 heterocycles. The SMILES string of the molecule is CN1CCCN(c2ccc(Br)cc2C(=O)O)CC1. The number of nitrogens with zero attached hydrogens (tertiary/aromatic N) is 2. The molecular weight excluding hydrogens is 296 g/mol. The van der Waals surface area contributed by atoms with Crippen LogP contribution in [0.2, 0.25) is 0 Å². The number of rotatable bonds is 2. The van der Waals surface area contributed by atoms with Crippen molar-refractivity contribution in [2.75, 3.05) is 38.1 Å². The van der Waals surface area contributed by atoms with Gasteiger partial charge >= 0.3 is 5.97 Å². The lowest BCUT2D eigenvalue weighted by molar-refractivity contribution is 0.0697. The minimum atomic E-state index is -0.871. The van der Waals surface area contributed by atoms with Gasteiger partial charge in [-0.15, -0.1) is 0 Å². The highest BCUT2D eigenvalue weighted by Crippen LogP contribution is 2.25. The van der Waals surface area contributed by atoms with E-state index in [9.17, 15) is 9.90 Å². The van der Waals surface area contributed by atoms with Crippen LogP contribution in [0.3, 0.4) is 0 Å². The van der Waals surface area contributed by atoms with Gasteiger partial charge in [0.2, 0.25) is 0 Å². The average molecular weight is 313 g/mol. The molecule has 0 saturated carbocycles. The van der Waals surface area contributed by atoms with Crippen LogP contribution in [0.1, 0.15) is 16.8 Å². The van der Waals surface area contributed by atoms with Crippen LogP contribution in [0.15, 0.2) is 22.7 Å². The molecule has 1 N–H and O–H groups in total. The molecule has 1 aliphatic rings. The molecule has 1 fully saturated rings. The Morgan fingerprint density at radius 2 is 2.06 bits per heavy atom. The van der Waals surface area contributed by atoms with Crippen molar-refractivity contribution >= 4 is 27.6 Å². The molecule has 0 spiro atoms. The Labute approximate surface area is 115 Å². The van der Waals surface area contributed by atoms with Gasteiger partial charge in [0.05, 0.1) is 11.3 Å². The zero-order valence-corrected chi connectivity index (χ0v) is 12.0. The molecule has 4 nitrogen and oxygen atoms in total. The van der Waals surface area contributed by atoms with E-state index >= 15 is 0 Å². The molecule has 0 aromatic heterocycles. The molecule has 1 aromatic carbocycles. The Morgan fingerprint density at radius 1 is 1.28 bits per heavy atom. The van der Waals surface area contributed by atoms with Crippen LogP contribution in [-0.4, -0.2) is 49.2 Å². The minimum Gasteiger partial charge on any atom is -0.478 e. The number of halogens is 1. The Morgan fingerprint density at radius 3 is 2.78 bits per heavy atom. The van der Waals surface area contributed by atoms with Crippen LogP contribution in [0.5, 0.6) is 0 Å². The third-order valence-electron chi connectivity index (χ3n) is 3.25. The fraction of sp³-hybridized carbons (Fsp3) is 0.462. The fourth-order valence-corrected chi connectivity index (χ4v) is 2.60. The zero-order chi connectivity index (χ0) is 13.1. The van der Waals surface area contributed by atoms with Crippen molar-refractivity contribution in [2.45, 2.75) is 6.42 Å². The molecule has 18 heavy (non-hydrogen) atoms. The number of carbonyl (C=O) groups is 1. The number of carboxylic acids is 1. The second-order valence-electron chi connectivity index (χ2n) is 4.61. The molecule has 1 saturated heterocycles. The summed E-state index contributed by atoms with van der Waals surface area (Å²) in [6.45, 7) is 3.81. The molecule has 0 atom stereocenters. The third kappa shape index (κ3) is 3.03. The molecule has 1 aliphatic heterocycles. The summed E-state index contributed by atoms with van der Waals surface area (Å²) >= 11 is 3.32. The highest BCUT2D eigenvalue weighted by Gasteiger charge is 2.18. The summed E-state index contributed by atoms with van der Waals surface area (Å²) in [6, 6.07) is 5.46. The van der Waals surface area contributed by atoms with E-state index in [1.807, 2.05) is 12.1 Å². The average Bonchev–Trinajstić information content (AvgIpc) is 2.54. The molecule has 0 radical (unpaired) electrons. The van der Waals surface area contributed by atoms with E-state index in [0.29, 0.717) is 5.56 Å². The largest absolute Gasteiger partial charge is 0.478 e. The first kappa shape index (κ1) is 13.4. The number of hydrogen-bond acceptors (Lipinski definition) is 3. The Bertz CT molecular complexity index is 451. The first-order valence-corrected chi connectivity index (χ1v) is 6.83. The van der Waals surface area contributed by atoms with Gasteiger partial charge in [0.15, 0.2) is 0 Å². The van der Waals surface area contributed by atoms with Gasteiger partial charge in [-0.3, -0.25) is 0 Å². The van der Waals surface area contributed by atoms with Crippen molar-refractivity contribution in [3.63, 3.8) is 0 Å². The quantitative estimate of drug-likeness (QED) is 0.910. The summed E-state index contributed by atoms with van der Waals surface area (Å²) in [6.07, 6.45) is 1.06. The van der Waals surface area contributed by atoms with Crippen molar-refractivity contribution in [1.82, 2.24) is 4.90 Å². The third-order valence-corrected chi connectivity index (χ3v) is 3.74. The van der Waals surface area contributed by atoms with Crippen molar-refractivity contribution in [3.8, 4) is 0 Å². The topological polar surface area (TPSA) is 43.8 Å². The summed E-state index contributed by atoms with van der Waals surface area (Å²) in [5.74, 6) is -0.871. The van der Waals surface area contributed by atoms with Gasteiger partial charge in [-0.1, -0.05) is 15.9 Å². The van der Waals surface area contributed by atoms with Crippen molar-refractivity contribution < 1.29 is 9.90 Å². The molecule has 0 amide bonds. The number of anilines is 1. The molecule has 5 heteroatoms. The summed E-state index contributed by atoms with van der Waals surface area (Å²) in [5.41, 5.74) is 1.19. The van der Waals surface area contributed by atoms with E-state index in [-0.39, 0.29) is 0 Å². The van der Waals surface area contributed by atoms with Crippen LogP contribution in [-0.2, 0) is 0 Å². The Kier molecular flexibility index (Phi) is 4.24. The summed E-state index contributed by atoms with van der Waals surface area (Å²) in [4.78, 5) is 15.8. The van der Waals surface area contributed by atoms with Crippen molar-refractivity contribution in [1.29, 1.82) is 0 Å². The smallest absolute Gasteiger partial charge is 0.337 e. The van der Waals surface area contributed by atoms with E-state index in [4.69, 9.17) is 0 Å². The Balaban J connectivity index is 2.29. The first-order chi connectivity index (χ1) is 8.58. The van der Waals surface area contributed by atoms with E-state index in [2.05, 4.69) is 32.8 Å². The van der Waals surface area contributed by atoms with E-state index in [1.54, 1.807) is 6.07 Å². The lowest BCUT2D eigenvalue weighted by atomic mass is 10.1. The lowest BCUT2D eigenvalue weighted by Gasteiger charge is -2.24. The minimum absolute atomic E-state index is 0.369. The van der Waals surface area contributed by atoms with E-state index in [0.717, 1.165) is 42.8 Å². The van der Waals surface area contributed by atoms with Gasteiger partial charge < -0.3 is 14.9 Å². The van der Waals surface area contributed by atoms with Gasteiger partial charge in [0, 0.05) is 24.1 Å². The predicted octanol–water partition coefficient (Wildman–Crippen LogP) is 2.29. The second kappa shape index (κ2) is 5.71. The highest BCUT2D eigenvalue weighted by atomic mass is 79.9. The van der Waals surface area contributed by atoms with Crippen LogP contribution in [0.25, 0.3) is 0 Å². The second-order valence-corrected chi connectivity index (χ2v) is 5.53. The van der Waals surface area contributed by atoms with Gasteiger partial charge in [-0.05, 0) is 38.2 Å². The summed E-state index contributed by atoms with van der Waals surface area (Å²) < 4.78 is 0.801. The Hall–Kier alpha value is -1.07. The van der Waals surface area contributed by atoms with Crippen LogP contribution in [0, 0.1) is 0 Å². The number of aromatic carboxylic acids is 1. The van der Waals surface area contributed by atoms with Gasteiger partial charge in [0.1, 0.15) is 0 Å². The molecular formula is C13H17BrN2O2. The molecule has 1 aromatic rings.